The lowest BCUT2D eigenvalue weighted by atomic mass is 10.0. The summed E-state index contributed by atoms with van der Waals surface area (Å²) in [4.78, 5) is 12.9. The first-order valence-corrected chi connectivity index (χ1v) is 21.4. The van der Waals surface area contributed by atoms with Gasteiger partial charge in [-0.2, -0.15) is 0 Å². The molecule has 0 aliphatic carbocycles. The van der Waals surface area contributed by atoms with Crippen LogP contribution < -0.4 is 5.32 Å². The van der Waals surface area contributed by atoms with Crippen molar-refractivity contribution in [2.75, 3.05) is 12.4 Å². The van der Waals surface area contributed by atoms with E-state index in [2.05, 4.69) is 19.2 Å². The SMILES string of the molecule is CCCCCCCCCCCCCCCCCCCCCCCC(=O)N[C@@H](CS[C@H]1O[C@H](CO)[C@H](O)[C@H](O)[C@H]1O)[C@H](O)[C@H](O)CCCCC. The van der Waals surface area contributed by atoms with Crippen molar-refractivity contribution in [3.8, 4) is 0 Å². The Balaban J connectivity index is 2.21. The van der Waals surface area contributed by atoms with E-state index in [-0.39, 0.29) is 11.7 Å². The van der Waals surface area contributed by atoms with Crippen molar-refractivity contribution in [2.45, 2.75) is 229 Å². The van der Waals surface area contributed by atoms with Gasteiger partial charge in [-0.25, -0.2) is 0 Å². The number of rotatable bonds is 33. The standard InChI is InChI=1S/C39H77NO8S/c1-3-5-7-8-9-10-11-12-13-14-15-16-17-18-19-20-21-22-23-24-26-28-34(43)40-31(35(44)32(42)27-25-6-4-2)30-49-39-38(47)37(46)36(45)33(29-41)48-39/h31-33,35-39,41-42,44-47H,3-30H2,1-2H3,(H,40,43)/t31-,32+,33+,35-,36-,37-,38+,39+/m0/s1. The van der Waals surface area contributed by atoms with E-state index in [1.165, 1.54) is 116 Å². The van der Waals surface area contributed by atoms with Gasteiger partial charge in [0, 0.05) is 12.2 Å². The first kappa shape index (κ1) is 46.6. The van der Waals surface area contributed by atoms with Crippen molar-refractivity contribution in [3.63, 3.8) is 0 Å². The van der Waals surface area contributed by atoms with Gasteiger partial charge in [-0.15, -0.1) is 11.8 Å². The molecule has 9 nitrogen and oxygen atoms in total. The molecule has 1 saturated heterocycles. The highest BCUT2D eigenvalue weighted by molar-refractivity contribution is 7.99. The van der Waals surface area contributed by atoms with Crippen molar-refractivity contribution in [3.05, 3.63) is 0 Å². The summed E-state index contributed by atoms with van der Waals surface area (Å²) in [7, 11) is 0. The normalized spacial score (nSPS) is 23.0. The molecule has 0 bridgehead atoms. The minimum absolute atomic E-state index is 0.111. The van der Waals surface area contributed by atoms with Gasteiger partial charge in [-0.1, -0.05) is 162 Å². The summed E-state index contributed by atoms with van der Waals surface area (Å²) >= 11 is 1.07. The molecule has 1 aliphatic heterocycles. The fourth-order valence-electron chi connectivity index (χ4n) is 6.67. The zero-order valence-corrected chi connectivity index (χ0v) is 32.1. The summed E-state index contributed by atoms with van der Waals surface area (Å²) in [5.41, 5.74) is -0.978. The number of hydrogen-bond donors (Lipinski definition) is 7. The van der Waals surface area contributed by atoms with Gasteiger partial charge in [-0.05, 0) is 12.8 Å². The lowest BCUT2D eigenvalue weighted by Crippen LogP contribution is -2.58. The maximum absolute atomic E-state index is 12.9. The number of carbonyl (C=O) groups is 1. The monoisotopic (exact) mass is 720 g/mol. The van der Waals surface area contributed by atoms with E-state index in [0.717, 1.165) is 50.3 Å². The van der Waals surface area contributed by atoms with E-state index in [1.54, 1.807) is 0 Å². The first-order chi connectivity index (χ1) is 23.8. The van der Waals surface area contributed by atoms with E-state index < -0.39 is 54.7 Å². The molecule has 0 aromatic rings. The molecule has 0 aromatic carbocycles. The highest BCUT2D eigenvalue weighted by atomic mass is 32.2. The number of hydrogen-bond acceptors (Lipinski definition) is 9. The van der Waals surface area contributed by atoms with E-state index in [9.17, 15) is 35.4 Å². The molecule has 292 valence electrons. The third kappa shape index (κ3) is 22.3. The van der Waals surface area contributed by atoms with Crippen molar-refractivity contribution in [1.82, 2.24) is 5.32 Å². The predicted octanol–water partition coefficient (Wildman–Crippen LogP) is 6.91. The number of nitrogens with one attached hydrogen (secondary N) is 1. The van der Waals surface area contributed by atoms with Crippen molar-refractivity contribution in [1.29, 1.82) is 0 Å². The van der Waals surface area contributed by atoms with Crippen LogP contribution >= 0.6 is 11.8 Å². The minimum Gasteiger partial charge on any atom is -0.394 e. The first-order valence-electron chi connectivity index (χ1n) is 20.3. The highest BCUT2D eigenvalue weighted by Crippen LogP contribution is 2.29. The summed E-state index contributed by atoms with van der Waals surface area (Å²) < 4.78 is 5.58. The summed E-state index contributed by atoms with van der Waals surface area (Å²) in [6.45, 7) is 3.81. The van der Waals surface area contributed by atoms with Gasteiger partial charge in [-0.3, -0.25) is 4.79 Å². The Morgan fingerprint density at radius 3 is 1.51 bits per heavy atom. The second kappa shape index (κ2) is 31.1. The molecule has 0 saturated carbocycles. The smallest absolute Gasteiger partial charge is 0.220 e. The fraction of sp³-hybridized carbons (Fsp3) is 0.974. The quantitative estimate of drug-likeness (QED) is 0.0358. The van der Waals surface area contributed by atoms with Crippen LogP contribution in [0, 0.1) is 0 Å². The molecule has 1 fully saturated rings. The van der Waals surface area contributed by atoms with Crippen LogP contribution in [0.25, 0.3) is 0 Å². The molecular formula is C39H77NO8S. The number of aliphatic hydroxyl groups excluding tert-OH is 6. The van der Waals surface area contributed by atoms with Crippen molar-refractivity contribution in [2.24, 2.45) is 0 Å². The van der Waals surface area contributed by atoms with Gasteiger partial charge in [0.15, 0.2) is 0 Å². The molecule has 1 amide bonds. The van der Waals surface area contributed by atoms with Crippen LogP contribution in [0.1, 0.15) is 181 Å². The zero-order valence-electron chi connectivity index (χ0n) is 31.3. The molecule has 1 aliphatic rings. The molecule has 0 radical (unpaired) electrons. The number of aliphatic hydroxyl groups is 6. The van der Waals surface area contributed by atoms with Crippen LogP contribution in [0.15, 0.2) is 0 Å². The van der Waals surface area contributed by atoms with Crippen molar-refractivity contribution >= 4 is 17.7 Å². The molecular weight excluding hydrogens is 642 g/mol. The molecule has 0 aromatic heterocycles. The molecule has 7 N–H and O–H groups in total. The predicted molar refractivity (Wildman–Crippen MR) is 202 cm³/mol. The molecule has 1 rings (SSSR count). The molecule has 0 spiro atoms. The van der Waals surface area contributed by atoms with Crippen LogP contribution in [0.2, 0.25) is 0 Å². The third-order valence-corrected chi connectivity index (χ3v) is 11.3. The number of thioether (sulfide) groups is 1. The lowest BCUT2D eigenvalue weighted by Gasteiger charge is -2.40. The lowest BCUT2D eigenvalue weighted by molar-refractivity contribution is -0.205. The van der Waals surface area contributed by atoms with Gasteiger partial charge in [0.1, 0.15) is 36.0 Å². The largest absolute Gasteiger partial charge is 0.394 e. The van der Waals surface area contributed by atoms with E-state index >= 15 is 0 Å². The second-order valence-electron chi connectivity index (χ2n) is 14.6. The minimum atomic E-state index is -1.50. The Kier molecular flexibility index (Phi) is 29.6. The van der Waals surface area contributed by atoms with Gasteiger partial charge < -0.3 is 40.7 Å². The van der Waals surface area contributed by atoms with Crippen LogP contribution in [0.3, 0.4) is 0 Å². The maximum Gasteiger partial charge on any atom is 0.220 e. The average molecular weight is 720 g/mol. The van der Waals surface area contributed by atoms with Crippen LogP contribution in [0.5, 0.6) is 0 Å². The van der Waals surface area contributed by atoms with E-state index in [0.29, 0.717) is 12.8 Å². The number of unbranched alkanes of at least 4 members (excludes halogenated alkanes) is 22. The fourth-order valence-corrected chi connectivity index (χ4v) is 7.93. The Hall–Kier alpha value is -0.460. The van der Waals surface area contributed by atoms with E-state index in [4.69, 9.17) is 4.74 Å². The van der Waals surface area contributed by atoms with Crippen LogP contribution in [-0.4, -0.2) is 97.0 Å². The molecule has 1 heterocycles. The van der Waals surface area contributed by atoms with Crippen LogP contribution in [0.4, 0.5) is 0 Å². The van der Waals surface area contributed by atoms with Crippen molar-refractivity contribution < 1.29 is 40.2 Å². The molecule has 8 atom stereocenters. The third-order valence-electron chi connectivity index (χ3n) is 10.1. The number of carbonyl (C=O) groups excluding carboxylic acids is 1. The Morgan fingerprint density at radius 1 is 0.633 bits per heavy atom. The highest BCUT2D eigenvalue weighted by Gasteiger charge is 2.44. The van der Waals surface area contributed by atoms with Gasteiger partial charge in [0.25, 0.3) is 0 Å². The van der Waals surface area contributed by atoms with E-state index in [1.807, 2.05) is 0 Å². The summed E-state index contributed by atoms with van der Waals surface area (Å²) in [6.07, 6.45) is 23.2. The van der Waals surface area contributed by atoms with Gasteiger partial charge >= 0.3 is 0 Å². The van der Waals surface area contributed by atoms with Crippen LogP contribution in [-0.2, 0) is 9.53 Å². The summed E-state index contributed by atoms with van der Waals surface area (Å²) in [6, 6.07) is -0.795. The molecule has 10 heteroatoms. The average Bonchev–Trinajstić information content (AvgIpc) is 3.10. The number of amides is 1. The Labute approximate surface area is 303 Å². The second-order valence-corrected chi connectivity index (χ2v) is 15.7. The maximum atomic E-state index is 12.9. The Morgan fingerprint density at radius 2 is 1.06 bits per heavy atom. The topological polar surface area (TPSA) is 160 Å². The zero-order chi connectivity index (χ0) is 36.1. The van der Waals surface area contributed by atoms with Gasteiger partial charge in [0.2, 0.25) is 5.91 Å². The summed E-state index contributed by atoms with van der Waals surface area (Å²) in [5.74, 6) is -0.0864. The number of ether oxygens (including phenoxy) is 1. The molecule has 0 unspecified atom stereocenters. The Bertz CT molecular complexity index is 763. The molecule has 49 heavy (non-hydrogen) atoms. The van der Waals surface area contributed by atoms with Gasteiger partial charge in [0.05, 0.1) is 18.8 Å². The summed E-state index contributed by atoms with van der Waals surface area (Å²) in [5, 5.41) is 64.5.